The van der Waals surface area contributed by atoms with Crippen LogP contribution in [0.2, 0.25) is 0 Å². The molecule has 1 aliphatic rings. The number of halogens is 2. The number of carboxylic acids is 1. The predicted octanol–water partition coefficient (Wildman–Crippen LogP) is 6.51. The topological polar surface area (TPSA) is 97.8 Å². The van der Waals surface area contributed by atoms with E-state index in [1.807, 2.05) is 0 Å². The Bertz CT molecular complexity index is 1470. The van der Waals surface area contributed by atoms with Crippen LogP contribution >= 0.6 is 11.6 Å². The standard InChI is InChI=1S/C30H26ClFN2O5/c1-18-16-21(8-11-25(18)32)26-4-3-5-28(33-26)34-29(35)20-6-9-22(10-7-20)39-19(2)17-27-23(12-14-31)24(30(36)37)13-15-38-27/h3-12,16-17,24H,2,13-15H2,1H3,(H,36,37)(H,33,34,35)/b23-12-,27-17+. The van der Waals surface area contributed by atoms with Gasteiger partial charge in [-0.3, -0.25) is 9.59 Å². The normalized spacial score (nSPS) is 16.9. The van der Waals surface area contributed by atoms with E-state index in [2.05, 4.69) is 16.9 Å². The van der Waals surface area contributed by atoms with Gasteiger partial charge in [0.1, 0.15) is 28.9 Å². The Labute approximate surface area is 230 Å². The summed E-state index contributed by atoms with van der Waals surface area (Å²) < 4.78 is 25.0. The number of anilines is 1. The first-order valence-electron chi connectivity index (χ1n) is 12.1. The van der Waals surface area contributed by atoms with Crippen LogP contribution in [0, 0.1) is 18.7 Å². The van der Waals surface area contributed by atoms with E-state index in [1.165, 1.54) is 12.1 Å². The molecule has 0 aliphatic carbocycles. The number of aryl methyl sites for hydroxylation is 1. The van der Waals surface area contributed by atoms with Crippen molar-refractivity contribution in [2.24, 2.45) is 5.92 Å². The number of aliphatic carboxylic acids is 1. The molecule has 200 valence electrons. The molecule has 1 aliphatic heterocycles. The van der Waals surface area contributed by atoms with E-state index in [0.717, 1.165) is 5.56 Å². The average molecular weight is 549 g/mol. The van der Waals surface area contributed by atoms with Gasteiger partial charge in [-0.15, -0.1) is 11.6 Å². The number of hydrogen-bond acceptors (Lipinski definition) is 5. The number of benzene rings is 2. The first-order chi connectivity index (χ1) is 18.7. The van der Waals surface area contributed by atoms with Crippen LogP contribution in [0.5, 0.6) is 5.75 Å². The smallest absolute Gasteiger partial charge is 0.311 e. The minimum Gasteiger partial charge on any atom is -0.493 e. The fraction of sp³-hybridized carbons (Fsp3) is 0.167. The lowest BCUT2D eigenvalue weighted by Crippen LogP contribution is -2.25. The Morgan fingerprint density at radius 2 is 2.00 bits per heavy atom. The molecule has 3 aromatic rings. The summed E-state index contributed by atoms with van der Waals surface area (Å²) in [7, 11) is 0. The number of amides is 1. The summed E-state index contributed by atoms with van der Waals surface area (Å²) >= 11 is 5.82. The van der Waals surface area contributed by atoms with Crippen LogP contribution < -0.4 is 10.1 Å². The molecule has 1 unspecified atom stereocenters. The van der Waals surface area contributed by atoms with Crippen LogP contribution in [0.3, 0.4) is 0 Å². The Kier molecular flexibility index (Phi) is 8.78. The lowest BCUT2D eigenvalue weighted by Gasteiger charge is -2.25. The number of nitrogens with zero attached hydrogens (tertiary/aromatic N) is 1. The number of alkyl halides is 1. The van der Waals surface area contributed by atoms with E-state index < -0.39 is 11.9 Å². The summed E-state index contributed by atoms with van der Waals surface area (Å²) in [6.45, 7) is 5.80. The zero-order valence-electron chi connectivity index (χ0n) is 21.1. The summed E-state index contributed by atoms with van der Waals surface area (Å²) in [4.78, 5) is 28.9. The summed E-state index contributed by atoms with van der Waals surface area (Å²) in [5, 5.41) is 12.3. The summed E-state index contributed by atoms with van der Waals surface area (Å²) in [5.74, 6) is -0.833. The Hall–Kier alpha value is -4.43. The third-order valence-electron chi connectivity index (χ3n) is 6.02. The molecule has 2 aromatic carbocycles. The Balaban J connectivity index is 1.41. The Morgan fingerprint density at radius 3 is 2.69 bits per heavy atom. The van der Waals surface area contributed by atoms with Gasteiger partial charge in [0.05, 0.1) is 18.2 Å². The van der Waals surface area contributed by atoms with E-state index in [-0.39, 0.29) is 30.0 Å². The third-order valence-corrected chi connectivity index (χ3v) is 6.18. The minimum absolute atomic E-state index is 0.141. The van der Waals surface area contributed by atoms with Crippen molar-refractivity contribution in [1.29, 1.82) is 0 Å². The van der Waals surface area contributed by atoms with Crippen LogP contribution in [0.25, 0.3) is 11.3 Å². The van der Waals surface area contributed by atoms with Crippen LogP contribution in [0.1, 0.15) is 22.3 Å². The molecule has 9 heteroatoms. The number of nitrogens with one attached hydrogen (secondary N) is 1. The zero-order valence-corrected chi connectivity index (χ0v) is 21.9. The molecule has 2 heterocycles. The maximum absolute atomic E-state index is 13.6. The molecule has 1 saturated heterocycles. The SMILES string of the molecule is C=C(/C=C1/OCCC(C(=O)O)/C1=C/CCl)Oc1ccc(C(=O)Nc2cccc(-c3ccc(F)c(C)c3)n2)cc1. The minimum atomic E-state index is -0.951. The fourth-order valence-corrected chi connectivity index (χ4v) is 4.23. The number of ether oxygens (including phenoxy) is 2. The van der Waals surface area contributed by atoms with Crippen molar-refractivity contribution in [2.75, 3.05) is 17.8 Å². The molecular formula is C30H26ClFN2O5. The first-order valence-corrected chi connectivity index (χ1v) is 12.6. The first kappa shape index (κ1) is 27.6. The lowest BCUT2D eigenvalue weighted by atomic mass is 9.91. The molecule has 1 atom stereocenters. The van der Waals surface area contributed by atoms with Crippen LogP contribution in [-0.2, 0) is 9.53 Å². The molecule has 39 heavy (non-hydrogen) atoms. The van der Waals surface area contributed by atoms with Crippen LogP contribution in [-0.4, -0.2) is 34.5 Å². The van der Waals surface area contributed by atoms with Crippen LogP contribution in [0.15, 0.2) is 96.5 Å². The monoisotopic (exact) mass is 548 g/mol. The molecule has 1 aromatic heterocycles. The van der Waals surface area contributed by atoms with Crippen molar-refractivity contribution < 1.29 is 28.6 Å². The van der Waals surface area contributed by atoms with Crippen molar-refractivity contribution in [3.05, 3.63) is 113 Å². The van der Waals surface area contributed by atoms with Crippen molar-refractivity contribution in [3.63, 3.8) is 0 Å². The number of carboxylic acid groups (broad SMARTS) is 1. The van der Waals surface area contributed by atoms with Gasteiger partial charge in [-0.05, 0) is 73.5 Å². The summed E-state index contributed by atoms with van der Waals surface area (Å²) in [6, 6.07) is 16.3. The number of allylic oxidation sites excluding steroid dienone is 3. The van der Waals surface area contributed by atoms with Crippen molar-refractivity contribution >= 4 is 29.3 Å². The van der Waals surface area contributed by atoms with Gasteiger partial charge in [0, 0.05) is 28.7 Å². The number of rotatable bonds is 8. The summed E-state index contributed by atoms with van der Waals surface area (Å²) in [5.41, 5.74) is 2.71. The number of aromatic nitrogens is 1. The highest BCUT2D eigenvalue weighted by Gasteiger charge is 2.30. The highest BCUT2D eigenvalue weighted by Crippen LogP contribution is 2.31. The molecule has 0 saturated carbocycles. The van der Waals surface area contributed by atoms with Crippen LogP contribution in [0.4, 0.5) is 10.2 Å². The second kappa shape index (κ2) is 12.4. The molecular weight excluding hydrogens is 523 g/mol. The van der Waals surface area contributed by atoms with Crippen molar-refractivity contribution in [3.8, 4) is 17.0 Å². The van der Waals surface area contributed by atoms with E-state index in [0.29, 0.717) is 46.1 Å². The predicted molar refractivity (Wildman–Crippen MR) is 147 cm³/mol. The largest absolute Gasteiger partial charge is 0.493 e. The Morgan fingerprint density at radius 1 is 1.23 bits per heavy atom. The fourth-order valence-electron chi connectivity index (χ4n) is 4.06. The highest BCUT2D eigenvalue weighted by molar-refractivity contribution is 6.19. The molecule has 0 bridgehead atoms. The van der Waals surface area contributed by atoms with Gasteiger partial charge in [-0.1, -0.05) is 18.7 Å². The second-order valence-corrected chi connectivity index (χ2v) is 9.08. The maximum Gasteiger partial charge on any atom is 0.311 e. The number of carbonyl (C=O) groups excluding carboxylic acids is 1. The maximum atomic E-state index is 13.6. The number of hydrogen-bond donors (Lipinski definition) is 2. The van der Waals surface area contributed by atoms with E-state index in [1.54, 1.807) is 67.6 Å². The van der Waals surface area contributed by atoms with Gasteiger partial charge >= 0.3 is 5.97 Å². The number of carbonyl (C=O) groups is 2. The van der Waals surface area contributed by atoms with Gasteiger partial charge < -0.3 is 19.9 Å². The molecule has 1 amide bonds. The lowest BCUT2D eigenvalue weighted by molar-refractivity contribution is -0.141. The van der Waals surface area contributed by atoms with E-state index >= 15 is 0 Å². The van der Waals surface area contributed by atoms with E-state index in [9.17, 15) is 19.1 Å². The van der Waals surface area contributed by atoms with Gasteiger partial charge in [0.25, 0.3) is 5.91 Å². The highest BCUT2D eigenvalue weighted by atomic mass is 35.5. The number of pyridine rings is 1. The molecule has 4 rings (SSSR count). The zero-order chi connectivity index (χ0) is 27.9. The summed E-state index contributed by atoms with van der Waals surface area (Å²) in [6.07, 6.45) is 3.48. The molecule has 2 N–H and O–H groups in total. The molecule has 1 fully saturated rings. The van der Waals surface area contributed by atoms with Gasteiger partial charge in [-0.25, -0.2) is 9.37 Å². The van der Waals surface area contributed by atoms with Gasteiger partial charge in [0.15, 0.2) is 0 Å². The second-order valence-electron chi connectivity index (χ2n) is 8.77. The van der Waals surface area contributed by atoms with Crippen molar-refractivity contribution in [1.82, 2.24) is 4.98 Å². The van der Waals surface area contributed by atoms with Gasteiger partial charge in [-0.2, -0.15) is 0 Å². The van der Waals surface area contributed by atoms with Gasteiger partial charge in [0.2, 0.25) is 0 Å². The molecule has 0 radical (unpaired) electrons. The molecule has 7 nitrogen and oxygen atoms in total. The quantitative estimate of drug-likeness (QED) is 0.246. The van der Waals surface area contributed by atoms with Crippen molar-refractivity contribution in [2.45, 2.75) is 13.3 Å². The average Bonchev–Trinajstić information content (AvgIpc) is 2.91. The third kappa shape index (κ3) is 6.91. The molecule has 0 spiro atoms. The van der Waals surface area contributed by atoms with E-state index in [4.69, 9.17) is 21.1 Å².